The number of carbonyl (C=O) groups excluding carboxylic acids is 2. The summed E-state index contributed by atoms with van der Waals surface area (Å²) in [6, 6.07) is 15.3. The van der Waals surface area contributed by atoms with Crippen molar-refractivity contribution in [1.82, 2.24) is 15.5 Å². The van der Waals surface area contributed by atoms with E-state index in [0.29, 0.717) is 11.6 Å². The van der Waals surface area contributed by atoms with Crippen LogP contribution in [0.25, 0.3) is 11.5 Å². The van der Waals surface area contributed by atoms with Gasteiger partial charge >= 0.3 is 12.0 Å². The Morgan fingerprint density at radius 3 is 2.29 bits per heavy atom. The highest BCUT2D eigenvalue weighted by Gasteiger charge is 2.29. The van der Waals surface area contributed by atoms with Crippen LogP contribution in [0.2, 0.25) is 0 Å². The van der Waals surface area contributed by atoms with Gasteiger partial charge in [-0.2, -0.15) is 0 Å². The van der Waals surface area contributed by atoms with E-state index in [9.17, 15) is 9.59 Å². The summed E-state index contributed by atoms with van der Waals surface area (Å²) in [5.41, 5.74) is 2.52. The molecule has 0 aliphatic heterocycles. The van der Waals surface area contributed by atoms with Gasteiger partial charge in [0.05, 0.1) is 0 Å². The van der Waals surface area contributed by atoms with Crippen LogP contribution in [0.15, 0.2) is 59.0 Å². The number of benzene rings is 2. The maximum absolute atomic E-state index is 12.7. The minimum atomic E-state index is -0.842. The van der Waals surface area contributed by atoms with Crippen molar-refractivity contribution in [3.05, 3.63) is 66.1 Å². The summed E-state index contributed by atoms with van der Waals surface area (Å²) in [5, 5.41) is 13.4. The Morgan fingerprint density at radius 1 is 0.968 bits per heavy atom. The van der Waals surface area contributed by atoms with Crippen molar-refractivity contribution in [3.63, 3.8) is 0 Å². The third kappa shape index (κ3) is 5.91. The molecule has 8 heteroatoms. The molecule has 1 aromatic heterocycles. The number of para-hydroxylation sites is 1. The van der Waals surface area contributed by atoms with Gasteiger partial charge in [0.1, 0.15) is 6.04 Å². The molecule has 0 bridgehead atoms. The fourth-order valence-corrected chi connectivity index (χ4v) is 2.84. The Kier molecular flexibility index (Phi) is 7.02. The Labute approximate surface area is 181 Å². The first-order valence-electron chi connectivity index (χ1n) is 10.1. The zero-order valence-electron chi connectivity index (χ0n) is 18.0. The maximum atomic E-state index is 12.7. The average Bonchev–Trinajstić information content (AvgIpc) is 3.23. The first-order chi connectivity index (χ1) is 14.8. The number of nitrogens with one attached hydrogen (secondary N) is 2. The molecule has 3 rings (SSSR count). The highest BCUT2D eigenvalue weighted by Crippen LogP contribution is 2.23. The Balaban J connectivity index is 1.62. The van der Waals surface area contributed by atoms with Crippen LogP contribution in [0.3, 0.4) is 0 Å². The zero-order chi connectivity index (χ0) is 22.4. The van der Waals surface area contributed by atoms with Crippen LogP contribution in [0.1, 0.15) is 38.3 Å². The number of hydrogen-bond donors (Lipinski definition) is 2. The van der Waals surface area contributed by atoms with Crippen LogP contribution < -0.4 is 10.6 Å². The molecule has 8 nitrogen and oxygen atoms in total. The summed E-state index contributed by atoms with van der Waals surface area (Å²) in [7, 11) is 0. The van der Waals surface area contributed by atoms with Crippen LogP contribution in [0.4, 0.5) is 10.5 Å². The van der Waals surface area contributed by atoms with Crippen molar-refractivity contribution in [1.29, 1.82) is 0 Å². The van der Waals surface area contributed by atoms with Crippen molar-refractivity contribution in [2.45, 2.75) is 39.8 Å². The van der Waals surface area contributed by atoms with Crippen LogP contribution in [0, 0.1) is 12.8 Å². The van der Waals surface area contributed by atoms with E-state index in [4.69, 9.17) is 9.15 Å². The van der Waals surface area contributed by atoms with Crippen molar-refractivity contribution in [3.8, 4) is 11.5 Å². The Bertz CT molecular complexity index is 1020. The third-order valence-electron chi connectivity index (χ3n) is 4.62. The summed E-state index contributed by atoms with van der Waals surface area (Å²) >= 11 is 0. The molecule has 1 heterocycles. The smallest absolute Gasteiger partial charge is 0.329 e. The highest BCUT2D eigenvalue weighted by molar-refractivity contribution is 5.92. The van der Waals surface area contributed by atoms with E-state index in [-0.39, 0.29) is 11.8 Å². The average molecular weight is 422 g/mol. The normalized spacial score (nSPS) is 12.8. The largest absolute Gasteiger partial charge is 0.451 e. The molecule has 2 aromatic carbocycles. The number of carbonyl (C=O) groups is 2. The van der Waals surface area contributed by atoms with Gasteiger partial charge in [0.2, 0.25) is 5.89 Å². The van der Waals surface area contributed by atoms with E-state index in [1.807, 2.05) is 51.1 Å². The van der Waals surface area contributed by atoms with E-state index in [1.165, 1.54) is 0 Å². The molecule has 31 heavy (non-hydrogen) atoms. The number of ether oxygens (including phenoxy) is 1. The summed E-state index contributed by atoms with van der Waals surface area (Å²) in [6.07, 6.45) is -0.764. The summed E-state index contributed by atoms with van der Waals surface area (Å²) in [5.74, 6) is -0.244. The lowest BCUT2D eigenvalue weighted by Gasteiger charge is -2.22. The lowest BCUT2D eigenvalue weighted by molar-refractivity contribution is -0.153. The van der Waals surface area contributed by atoms with E-state index < -0.39 is 24.1 Å². The van der Waals surface area contributed by atoms with Crippen molar-refractivity contribution < 1.29 is 18.7 Å². The number of hydrogen-bond acceptors (Lipinski definition) is 6. The van der Waals surface area contributed by atoms with Crippen LogP contribution in [-0.4, -0.2) is 28.2 Å². The van der Waals surface area contributed by atoms with E-state index >= 15 is 0 Å². The van der Waals surface area contributed by atoms with Gasteiger partial charge in [-0.1, -0.05) is 49.7 Å². The molecular weight excluding hydrogens is 396 g/mol. The zero-order valence-corrected chi connectivity index (χ0v) is 18.0. The molecule has 0 unspecified atom stereocenters. The molecule has 0 aliphatic rings. The first kappa shape index (κ1) is 22.0. The predicted octanol–water partition coefficient (Wildman–Crippen LogP) is 4.50. The number of anilines is 1. The fourth-order valence-electron chi connectivity index (χ4n) is 2.84. The van der Waals surface area contributed by atoms with Gasteiger partial charge in [0, 0.05) is 11.3 Å². The lowest BCUT2D eigenvalue weighted by Crippen LogP contribution is -2.47. The molecule has 3 aromatic rings. The monoisotopic (exact) mass is 422 g/mol. The van der Waals surface area contributed by atoms with Gasteiger partial charge in [-0.05, 0) is 44.0 Å². The van der Waals surface area contributed by atoms with Crippen LogP contribution >= 0.6 is 0 Å². The summed E-state index contributed by atoms with van der Waals surface area (Å²) in [4.78, 5) is 25.0. The van der Waals surface area contributed by atoms with Gasteiger partial charge in [0.15, 0.2) is 6.10 Å². The van der Waals surface area contributed by atoms with Gasteiger partial charge in [0.25, 0.3) is 5.89 Å². The molecule has 2 atom stereocenters. The molecule has 0 fully saturated rings. The van der Waals surface area contributed by atoms with E-state index in [1.54, 1.807) is 31.2 Å². The molecule has 0 spiro atoms. The standard InChI is InChI=1S/C23H26N4O4/c1-14(2)19(25-23(29)24-18-8-6-5-7-9-18)22(28)30-16(4)20-26-27-21(31-20)17-12-10-15(3)11-13-17/h5-14,16,19H,1-4H3,(H2,24,25,29)/t16-,19-/m0/s1. The van der Waals surface area contributed by atoms with Crippen molar-refractivity contribution in [2.75, 3.05) is 5.32 Å². The minimum absolute atomic E-state index is 0.181. The SMILES string of the molecule is Cc1ccc(-c2nnc([C@H](C)OC(=O)[C@@H](NC(=O)Nc3ccccc3)C(C)C)o2)cc1. The van der Waals surface area contributed by atoms with Crippen molar-refractivity contribution >= 4 is 17.7 Å². The van der Waals surface area contributed by atoms with Gasteiger partial charge < -0.3 is 19.8 Å². The van der Waals surface area contributed by atoms with Crippen LogP contribution in [-0.2, 0) is 9.53 Å². The fraction of sp³-hybridized carbons (Fsp3) is 0.304. The topological polar surface area (TPSA) is 106 Å². The van der Waals surface area contributed by atoms with E-state index in [2.05, 4.69) is 20.8 Å². The summed E-state index contributed by atoms with van der Waals surface area (Å²) < 4.78 is 11.2. The summed E-state index contributed by atoms with van der Waals surface area (Å²) in [6.45, 7) is 7.28. The molecule has 2 amide bonds. The Morgan fingerprint density at radius 2 is 1.65 bits per heavy atom. The van der Waals surface area contributed by atoms with E-state index in [0.717, 1.165) is 11.1 Å². The third-order valence-corrected chi connectivity index (χ3v) is 4.62. The number of aromatic nitrogens is 2. The Hall–Kier alpha value is -3.68. The van der Waals surface area contributed by atoms with Gasteiger partial charge in [-0.25, -0.2) is 9.59 Å². The molecule has 162 valence electrons. The van der Waals surface area contributed by atoms with Gasteiger partial charge in [-0.3, -0.25) is 0 Å². The molecule has 2 N–H and O–H groups in total. The number of urea groups is 1. The second-order valence-corrected chi connectivity index (χ2v) is 7.58. The number of rotatable bonds is 7. The molecule has 0 saturated carbocycles. The lowest BCUT2D eigenvalue weighted by atomic mass is 10.1. The molecule has 0 radical (unpaired) electrons. The number of nitrogens with zero attached hydrogens (tertiary/aromatic N) is 2. The quantitative estimate of drug-likeness (QED) is 0.543. The van der Waals surface area contributed by atoms with Crippen LogP contribution in [0.5, 0.6) is 0 Å². The number of aryl methyl sites for hydroxylation is 1. The molecular formula is C23H26N4O4. The second kappa shape index (κ2) is 9.88. The first-order valence-corrected chi connectivity index (χ1v) is 10.1. The van der Waals surface area contributed by atoms with Gasteiger partial charge in [-0.15, -0.1) is 10.2 Å². The number of esters is 1. The minimum Gasteiger partial charge on any atom is -0.451 e. The van der Waals surface area contributed by atoms with Crippen molar-refractivity contribution in [2.24, 2.45) is 5.92 Å². The predicted molar refractivity (Wildman–Crippen MR) is 116 cm³/mol. The molecule has 0 saturated heterocycles. The highest BCUT2D eigenvalue weighted by atomic mass is 16.6. The molecule has 0 aliphatic carbocycles. The second-order valence-electron chi connectivity index (χ2n) is 7.58. The maximum Gasteiger partial charge on any atom is 0.329 e. The number of amides is 2.